The number of likely N-dealkylation sites (tertiary alicyclic amines) is 1. The predicted octanol–water partition coefficient (Wildman–Crippen LogP) is 8.21. The molecule has 5 aromatic rings. The van der Waals surface area contributed by atoms with E-state index in [1.165, 1.54) is 12.0 Å². The van der Waals surface area contributed by atoms with E-state index in [-0.39, 0.29) is 63.6 Å². The summed E-state index contributed by atoms with van der Waals surface area (Å²) in [6.07, 6.45) is 3.13. The minimum absolute atomic E-state index is 0.0306. The molecule has 0 radical (unpaired) electrons. The number of carbonyl (C=O) groups is 2. The van der Waals surface area contributed by atoms with Gasteiger partial charge in [0, 0.05) is 73.0 Å². The van der Waals surface area contributed by atoms with Crippen molar-refractivity contribution in [1.29, 1.82) is 5.26 Å². The van der Waals surface area contributed by atoms with E-state index in [0.717, 1.165) is 36.0 Å². The molecule has 52 heavy (non-hydrogen) atoms. The van der Waals surface area contributed by atoms with Crippen LogP contribution >= 0.6 is 23.2 Å². The summed E-state index contributed by atoms with van der Waals surface area (Å²) in [5.74, 6) is -0.629. The van der Waals surface area contributed by atoms with Gasteiger partial charge in [-0.15, -0.1) is 0 Å². The first-order valence-electron chi connectivity index (χ1n) is 17.3. The van der Waals surface area contributed by atoms with Crippen molar-refractivity contribution in [2.24, 2.45) is 5.92 Å². The molecule has 7 rings (SSSR count). The fraction of sp³-hybridized carbons (Fsp3) is 0.359. The number of aromatic nitrogens is 3. The zero-order chi connectivity index (χ0) is 36.8. The van der Waals surface area contributed by atoms with E-state index in [1.807, 2.05) is 6.07 Å². The Morgan fingerprint density at radius 3 is 2.63 bits per heavy atom. The number of methoxy groups -OCH3 is 1. The summed E-state index contributed by atoms with van der Waals surface area (Å²) in [6, 6.07) is 14.4. The van der Waals surface area contributed by atoms with Crippen molar-refractivity contribution in [3.8, 4) is 28.5 Å². The lowest BCUT2D eigenvalue weighted by Gasteiger charge is -2.29. The summed E-state index contributed by atoms with van der Waals surface area (Å²) in [4.78, 5) is 38.6. The predicted molar refractivity (Wildman–Crippen MR) is 200 cm³/mol. The Kier molecular flexibility index (Phi) is 9.83. The number of fused-ring (bicyclic) bond motifs is 3. The molecule has 2 aliphatic heterocycles. The molecule has 0 spiro atoms. The lowest BCUT2D eigenvalue weighted by molar-refractivity contribution is 0.0822. The maximum atomic E-state index is 17.5. The minimum Gasteiger partial charge on any atom is -0.453 e. The lowest BCUT2D eigenvalue weighted by Crippen LogP contribution is -2.32. The molecule has 268 valence electrons. The molecule has 5 heterocycles. The van der Waals surface area contributed by atoms with Crippen molar-refractivity contribution < 1.29 is 18.7 Å². The van der Waals surface area contributed by atoms with E-state index < -0.39 is 11.9 Å². The van der Waals surface area contributed by atoms with Gasteiger partial charge in [-0.3, -0.25) is 14.7 Å². The first-order valence-corrected chi connectivity index (χ1v) is 18.1. The van der Waals surface area contributed by atoms with Gasteiger partial charge in [0.1, 0.15) is 11.2 Å². The Labute approximate surface area is 311 Å². The summed E-state index contributed by atoms with van der Waals surface area (Å²) in [6.45, 7) is 4.19. The van der Waals surface area contributed by atoms with Crippen LogP contribution < -0.4 is 5.32 Å². The third-order valence-corrected chi connectivity index (χ3v) is 11.1. The number of benzene rings is 2. The Hall–Kier alpha value is -4.76. The molecule has 3 atom stereocenters. The smallest absolute Gasteiger partial charge is 0.410 e. The number of aryl methyl sites for hydroxylation is 1. The van der Waals surface area contributed by atoms with Crippen molar-refractivity contribution in [1.82, 2.24) is 29.7 Å². The molecule has 10 nitrogen and oxygen atoms in total. The molecular formula is C39H38Cl2FN7O3. The Balaban J connectivity index is 1.61. The van der Waals surface area contributed by atoms with Crippen LogP contribution in [0.5, 0.6) is 0 Å². The zero-order valence-corrected chi connectivity index (χ0v) is 30.9. The van der Waals surface area contributed by atoms with Gasteiger partial charge in [-0.1, -0.05) is 42.3 Å². The summed E-state index contributed by atoms with van der Waals surface area (Å²) in [7, 11) is 4.71. The van der Waals surface area contributed by atoms with Crippen molar-refractivity contribution in [3.63, 3.8) is 0 Å². The first-order chi connectivity index (χ1) is 25.0. The largest absolute Gasteiger partial charge is 0.453 e. The van der Waals surface area contributed by atoms with E-state index in [1.54, 1.807) is 55.5 Å². The molecule has 2 saturated heterocycles. The summed E-state index contributed by atoms with van der Waals surface area (Å²) in [5.41, 5.74) is 4.36. The number of hydrogen-bond donors (Lipinski definition) is 1. The monoisotopic (exact) mass is 741 g/mol. The molecule has 0 saturated carbocycles. The molecule has 0 aliphatic carbocycles. The minimum atomic E-state index is -0.589. The maximum absolute atomic E-state index is 17.5. The number of nitrogens with one attached hydrogen (secondary N) is 1. The van der Waals surface area contributed by atoms with Gasteiger partial charge in [0.2, 0.25) is 0 Å². The highest BCUT2D eigenvalue weighted by molar-refractivity contribution is 6.43. The molecule has 1 N–H and O–H groups in total. The number of ether oxygens (including phenoxy) is 1. The van der Waals surface area contributed by atoms with Gasteiger partial charge < -0.3 is 19.5 Å². The molecule has 2 aromatic carbocycles. The highest BCUT2D eigenvalue weighted by Gasteiger charge is 2.38. The van der Waals surface area contributed by atoms with Gasteiger partial charge in [-0.05, 0) is 67.6 Å². The molecule has 2 fully saturated rings. The standard InChI is InChI=1S/C39H38Cl2FN7O3/c1-21-18-44-20-31(21)49-30(29-11-7-15-48(29)39(51)52-4)17-26-35(23-12-13-28(45-19-23)38(50)47(2)3)46-36-25(37(26)49)16-22(8-6-14-43)32(34(36)42)24-9-5-10-27(40)33(24)41/h5,9-10,12-13,16-17,19,21,29,31,44H,6-8,11,15,18,20H2,1-4H3/t21-,29-,31-/m1/s1. The second-order valence-corrected chi connectivity index (χ2v) is 14.5. The molecule has 3 aromatic heterocycles. The number of carbonyl (C=O) groups excluding carboxylic acids is 2. The van der Waals surface area contributed by atoms with Crippen LogP contribution in [0.2, 0.25) is 10.0 Å². The van der Waals surface area contributed by atoms with Gasteiger partial charge >= 0.3 is 6.09 Å². The van der Waals surface area contributed by atoms with Gasteiger partial charge in [0.15, 0.2) is 5.82 Å². The van der Waals surface area contributed by atoms with Crippen molar-refractivity contribution in [2.45, 2.75) is 44.7 Å². The third kappa shape index (κ3) is 6.02. The normalized spacial score (nSPS) is 18.7. The van der Waals surface area contributed by atoms with E-state index >= 15 is 4.39 Å². The van der Waals surface area contributed by atoms with Crippen LogP contribution in [0.3, 0.4) is 0 Å². The topological polar surface area (TPSA) is 116 Å². The summed E-state index contributed by atoms with van der Waals surface area (Å²) in [5, 5.41) is 15.0. The maximum Gasteiger partial charge on any atom is 0.410 e. The molecule has 2 aliphatic rings. The van der Waals surface area contributed by atoms with Crippen LogP contribution in [0.1, 0.15) is 60.0 Å². The van der Waals surface area contributed by atoms with E-state index in [4.69, 9.17) is 32.9 Å². The van der Waals surface area contributed by atoms with Gasteiger partial charge in [-0.2, -0.15) is 5.26 Å². The fourth-order valence-corrected chi connectivity index (χ4v) is 8.20. The number of pyridine rings is 2. The van der Waals surface area contributed by atoms with Crippen LogP contribution in [0.4, 0.5) is 9.18 Å². The molecule has 13 heteroatoms. The highest BCUT2D eigenvalue weighted by Crippen LogP contribution is 2.46. The molecule has 2 amide bonds. The second kappa shape index (κ2) is 14.3. The molecule has 0 bridgehead atoms. The van der Waals surface area contributed by atoms with Crippen LogP contribution in [0, 0.1) is 23.1 Å². The number of nitriles is 1. The number of amides is 2. The Bertz CT molecular complexity index is 2270. The average molecular weight is 743 g/mol. The summed E-state index contributed by atoms with van der Waals surface area (Å²) >= 11 is 13.2. The van der Waals surface area contributed by atoms with Crippen molar-refractivity contribution in [2.75, 3.05) is 40.8 Å². The quantitative estimate of drug-likeness (QED) is 0.179. The third-order valence-electron chi connectivity index (χ3n) is 10.3. The molecule has 0 unspecified atom stereocenters. The number of halogens is 3. The highest BCUT2D eigenvalue weighted by atomic mass is 35.5. The van der Waals surface area contributed by atoms with Crippen LogP contribution in [-0.4, -0.2) is 77.2 Å². The van der Waals surface area contributed by atoms with Gasteiger partial charge in [0.25, 0.3) is 5.91 Å². The van der Waals surface area contributed by atoms with E-state index in [0.29, 0.717) is 40.9 Å². The lowest BCUT2D eigenvalue weighted by atomic mass is 9.92. The zero-order valence-electron chi connectivity index (χ0n) is 29.3. The van der Waals surface area contributed by atoms with E-state index in [9.17, 15) is 14.9 Å². The second-order valence-electron chi connectivity index (χ2n) is 13.7. The van der Waals surface area contributed by atoms with Crippen LogP contribution in [-0.2, 0) is 11.2 Å². The van der Waals surface area contributed by atoms with Crippen LogP contribution in [0.15, 0.2) is 48.7 Å². The number of nitrogens with zero attached hydrogens (tertiary/aromatic N) is 6. The van der Waals surface area contributed by atoms with E-state index in [2.05, 4.69) is 33.9 Å². The Morgan fingerprint density at radius 1 is 1.15 bits per heavy atom. The van der Waals surface area contributed by atoms with Crippen molar-refractivity contribution in [3.05, 3.63) is 81.5 Å². The SMILES string of the molecule is COC(=O)N1CCC[C@@H]1c1cc2c(-c3ccc(C(=O)N(C)C)nc3)nc3c(F)c(-c4cccc(Cl)c4Cl)c(CCC#N)cc3c2n1[C@@H]1CNC[C@H]1C. The Morgan fingerprint density at radius 2 is 1.96 bits per heavy atom. The average Bonchev–Trinajstić information content (AvgIpc) is 3.90. The van der Waals surface area contributed by atoms with Crippen molar-refractivity contribution >= 4 is 57.0 Å². The number of hydrogen-bond acceptors (Lipinski definition) is 7. The first kappa shape index (κ1) is 35.6. The number of rotatable bonds is 7. The summed E-state index contributed by atoms with van der Waals surface area (Å²) < 4.78 is 25.0. The fourth-order valence-electron chi connectivity index (χ4n) is 7.81. The van der Waals surface area contributed by atoms with Gasteiger partial charge in [0.05, 0.1) is 46.5 Å². The van der Waals surface area contributed by atoms with Crippen LogP contribution in [0.25, 0.3) is 44.2 Å². The van der Waals surface area contributed by atoms with Gasteiger partial charge in [-0.25, -0.2) is 14.2 Å². The molecular weight excluding hydrogens is 704 g/mol.